The molecule has 0 aromatic heterocycles. The summed E-state index contributed by atoms with van der Waals surface area (Å²) in [5.41, 5.74) is -5.31. The largest absolute Gasteiger partial charge is 0.479 e. The van der Waals surface area contributed by atoms with Gasteiger partial charge in [-0.1, -0.05) is 0 Å². The van der Waals surface area contributed by atoms with E-state index in [1.807, 2.05) is 0 Å². The van der Waals surface area contributed by atoms with Crippen LogP contribution in [0.15, 0.2) is 0 Å². The van der Waals surface area contributed by atoms with Crippen LogP contribution in [0.5, 0.6) is 0 Å². The molecule has 0 saturated carbocycles. The number of amides is 2. The highest BCUT2D eigenvalue weighted by Crippen LogP contribution is 2.27. The molecule has 0 unspecified atom stereocenters. The number of esters is 1. The van der Waals surface area contributed by atoms with Crippen LogP contribution >= 0.6 is 0 Å². The number of aliphatic carboxylic acids is 1. The summed E-state index contributed by atoms with van der Waals surface area (Å²) in [5.74, 6) is -2.03. The summed E-state index contributed by atoms with van der Waals surface area (Å²) in [4.78, 5) is 47.7. The van der Waals surface area contributed by atoms with E-state index in [1.54, 1.807) is 62.3 Å². The van der Waals surface area contributed by atoms with Crippen LogP contribution in [-0.2, 0) is 23.8 Å². The Morgan fingerprint density at radius 1 is 0.618 bits per heavy atom. The maximum absolute atomic E-state index is 11.8. The molecule has 196 valence electrons. The van der Waals surface area contributed by atoms with Gasteiger partial charge in [-0.25, -0.2) is 19.2 Å². The van der Waals surface area contributed by atoms with Gasteiger partial charge in [0.1, 0.15) is 16.8 Å². The van der Waals surface area contributed by atoms with E-state index in [4.69, 9.17) is 19.3 Å². The molecule has 2 saturated heterocycles. The quantitative estimate of drug-likeness (QED) is 0.380. The Hall–Kier alpha value is -2.60. The second-order valence-electron chi connectivity index (χ2n) is 11.5. The average molecular weight is 491 g/mol. The summed E-state index contributed by atoms with van der Waals surface area (Å²) in [5, 5.41) is 28.0. The Morgan fingerprint density at radius 2 is 0.912 bits per heavy atom. The summed E-state index contributed by atoms with van der Waals surface area (Å²) in [6.45, 7) is 14.9. The van der Waals surface area contributed by atoms with Gasteiger partial charge >= 0.3 is 24.1 Å². The minimum absolute atomic E-state index is 0.100. The number of carboxylic acid groups (broad SMARTS) is 1. The van der Waals surface area contributed by atoms with Crippen LogP contribution in [0.2, 0.25) is 0 Å². The molecule has 2 rings (SSSR count). The first-order chi connectivity index (χ1) is 15.0. The average Bonchev–Trinajstić information content (AvgIpc) is 2.51. The molecule has 0 aromatic rings. The highest BCUT2D eigenvalue weighted by atomic mass is 16.6. The summed E-state index contributed by atoms with van der Waals surface area (Å²) in [6.07, 6.45) is -1.14. The van der Waals surface area contributed by atoms with Gasteiger partial charge in [-0.2, -0.15) is 0 Å². The van der Waals surface area contributed by atoms with Gasteiger partial charge in [0.05, 0.1) is 26.2 Å². The molecular formula is C22H38N2O10. The summed E-state index contributed by atoms with van der Waals surface area (Å²) < 4.78 is 15.2. The lowest BCUT2D eigenvalue weighted by molar-refractivity contribution is -0.192. The lowest BCUT2D eigenvalue weighted by Gasteiger charge is -2.44. The fourth-order valence-corrected chi connectivity index (χ4v) is 2.72. The number of carboxylic acids is 1. The Morgan fingerprint density at radius 3 is 1.18 bits per heavy atom. The number of hydrogen-bond donors (Lipinski definition) is 3. The number of hydrogen-bond acceptors (Lipinski definition) is 9. The fourth-order valence-electron chi connectivity index (χ4n) is 2.72. The van der Waals surface area contributed by atoms with Gasteiger partial charge in [0.15, 0.2) is 11.2 Å². The number of aliphatic hydroxyl groups is 2. The molecule has 2 heterocycles. The molecule has 3 N–H and O–H groups in total. The molecule has 0 atom stereocenters. The molecule has 0 bridgehead atoms. The normalized spacial score (nSPS) is 18.9. The third-order valence-electron chi connectivity index (χ3n) is 4.29. The number of rotatable bonds is 2. The van der Waals surface area contributed by atoms with Crippen molar-refractivity contribution in [1.82, 2.24) is 9.80 Å². The van der Waals surface area contributed by atoms with Crippen molar-refractivity contribution >= 4 is 24.1 Å². The first kappa shape index (κ1) is 29.4. The second-order valence-corrected chi connectivity index (χ2v) is 11.5. The minimum Gasteiger partial charge on any atom is -0.479 e. The molecule has 2 amide bonds. The third kappa shape index (κ3) is 8.64. The van der Waals surface area contributed by atoms with Crippen molar-refractivity contribution in [3.05, 3.63) is 0 Å². The molecule has 0 aliphatic carbocycles. The molecular weight excluding hydrogens is 452 g/mol. The topological polar surface area (TPSA) is 163 Å². The van der Waals surface area contributed by atoms with Crippen LogP contribution < -0.4 is 0 Å². The van der Waals surface area contributed by atoms with Gasteiger partial charge in [0, 0.05) is 0 Å². The summed E-state index contributed by atoms with van der Waals surface area (Å²) in [6, 6.07) is 0. The van der Waals surface area contributed by atoms with Crippen LogP contribution in [0.25, 0.3) is 0 Å². The van der Waals surface area contributed by atoms with Crippen LogP contribution in [0.4, 0.5) is 9.59 Å². The van der Waals surface area contributed by atoms with Crippen LogP contribution in [0.3, 0.4) is 0 Å². The molecule has 12 heteroatoms. The highest BCUT2D eigenvalue weighted by Gasteiger charge is 2.53. The molecule has 0 aromatic carbocycles. The third-order valence-corrected chi connectivity index (χ3v) is 4.29. The predicted molar refractivity (Wildman–Crippen MR) is 119 cm³/mol. The SMILES string of the molecule is CC(C)(C)OC(=O)N1CC(O)(C(=O)O)C1.CC(C)(C)OC(=O)N1CC(O)(C(=O)OC(C)(C)C)C1. The van der Waals surface area contributed by atoms with Crippen molar-refractivity contribution in [3.8, 4) is 0 Å². The number of β-amino-alcohol motifs (C(OH)–C–C–N with tert-alkyl or cyclic N) is 2. The van der Waals surface area contributed by atoms with E-state index >= 15 is 0 Å². The Labute approximate surface area is 199 Å². The fraction of sp³-hybridized carbons (Fsp3) is 0.818. The van der Waals surface area contributed by atoms with Gasteiger partial charge < -0.3 is 39.3 Å². The lowest BCUT2D eigenvalue weighted by Crippen LogP contribution is -2.68. The molecule has 34 heavy (non-hydrogen) atoms. The summed E-state index contributed by atoms with van der Waals surface area (Å²) in [7, 11) is 0. The van der Waals surface area contributed by atoms with Crippen molar-refractivity contribution in [2.75, 3.05) is 26.2 Å². The first-order valence-corrected chi connectivity index (χ1v) is 10.8. The van der Waals surface area contributed by atoms with Crippen molar-refractivity contribution in [1.29, 1.82) is 0 Å². The van der Waals surface area contributed by atoms with Crippen molar-refractivity contribution in [2.24, 2.45) is 0 Å². The second kappa shape index (κ2) is 9.57. The summed E-state index contributed by atoms with van der Waals surface area (Å²) >= 11 is 0. The van der Waals surface area contributed by atoms with Crippen molar-refractivity contribution in [2.45, 2.75) is 90.3 Å². The lowest BCUT2D eigenvalue weighted by atomic mass is 9.94. The Bertz CT molecular complexity index is 792. The standard InChI is InChI=1S/C13H23NO5.C9H15NO5/c1-11(2,3)18-9(15)13(17)7-14(8-13)10(16)19-12(4,5)6;1-8(2,3)15-7(13)10-4-9(14,5-10)6(11)12/h17H,7-8H2,1-6H3;14H,4-5H2,1-3H3,(H,11,12). The van der Waals surface area contributed by atoms with Gasteiger partial charge in [-0.15, -0.1) is 0 Å². The zero-order valence-corrected chi connectivity index (χ0v) is 21.4. The molecule has 2 fully saturated rings. The molecule has 0 radical (unpaired) electrons. The maximum atomic E-state index is 11.8. The molecule has 2 aliphatic heterocycles. The number of carbonyl (C=O) groups excluding carboxylic acids is 3. The number of carbonyl (C=O) groups is 4. The zero-order chi connectivity index (χ0) is 26.9. The van der Waals surface area contributed by atoms with Gasteiger partial charge in [0.25, 0.3) is 0 Å². The molecule has 2 aliphatic rings. The minimum atomic E-state index is -1.81. The molecule has 12 nitrogen and oxygen atoms in total. The number of ether oxygens (including phenoxy) is 3. The first-order valence-electron chi connectivity index (χ1n) is 10.8. The van der Waals surface area contributed by atoms with Gasteiger partial charge in [-0.05, 0) is 62.3 Å². The van der Waals surface area contributed by atoms with Gasteiger partial charge in [0.2, 0.25) is 0 Å². The van der Waals surface area contributed by atoms with E-state index < -0.39 is 52.1 Å². The van der Waals surface area contributed by atoms with Crippen LogP contribution in [0.1, 0.15) is 62.3 Å². The predicted octanol–water partition coefficient (Wildman–Crippen LogP) is 1.36. The van der Waals surface area contributed by atoms with E-state index in [-0.39, 0.29) is 26.2 Å². The van der Waals surface area contributed by atoms with E-state index in [2.05, 4.69) is 0 Å². The van der Waals surface area contributed by atoms with E-state index in [0.717, 1.165) is 4.90 Å². The number of nitrogens with zero attached hydrogens (tertiary/aromatic N) is 2. The van der Waals surface area contributed by atoms with E-state index in [0.29, 0.717) is 0 Å². The Kier molecular flexibility index (Phi) is 8.28. The van der Waals surface area contributed by atoms with E-state index in [9.17, 15) is 29.4 Å². The van der Waals surface area contributed by atoms with Crippen molar-refractivity contribution in [3.63, 3.8) is 0 Å². The van der Waals surface area contributed by atoms with Crippen molar-refractivity contribution < 1.29 is 48.7 Å². The maximum Gasteiger partial charge on any atom is 0.410 e. The zero-order valence-electron chi connectivity index (χ0n) is 21.4. The smallest absolute Gasteiger partial charge is 0.410 e. The van der Waals surface area contributed by atoms with E-state index in [1.165, 1.54) is 4.90 Å². The van der Waals surface area contributed by atoms with Crippen LogP contribution in [-0.4, -0.2) is 103 Å². The Balaban J connectivity index is 0.000000350. The highest BCUT2D eigenvalue weighted by molar-refractivity contribution is 5.84. The monoisotopic (exact) mass is 490 g/mol. The number of likely N-dealkylation sites (tertiary alicyclic amines) is 2. The van der Waals surface area contributed by atoms with Gasteiger partial charge in [-0.3, -0.25) is 0 Å². The van der Waals surface area contributed by atoms with Crippen LogP contribution in [0, 0.1) is 0 Å². The molecule has 0 spiro atoms.